The third kappa shape index (κ3) is 2.38. The molecule has 0 spiro atoms. The number of anilines is 1. The molecule has 1 aromatic carbocycles. The number of hydrogen-bond donors (Lipinski definition) is 1. The molecule has 0 bridgehead atoms. The number of nitrogen functional groups attached to an aromatic ring is 1. The van der Waals surface area contributed by atoms with Crippen LogP contribution in [-0.4, -0.2) is 24.7 Å². The molecule has 7 heteroatoms. The lowest BCUT2D eigenvalue weighted by atomic mass is 10.2. The minimum atomic E-state index is 0.144. The molecule has 0 aliphatic carbocycles. The van der Waals surface area contributed by atoms with Crippen LogP contribution in [0, 0.1) is 0 Å². The van der Waals surface area contributed by atoms with Gasteiger partial charge in [-0.3, -0.25) is 0 Å². The molecule has 2 N–H and O–H groups in total. The second kappa shape index (κ2) is 4.66. The number of hydrogen-bond acceptors (Lipinski definition) is 5. The largest absolute Gasteiger partial charge is 0.368 e. The van der Waals surface area contributed by atoms with Crippen LogP contribution in [-0.2, 0) is 0 Å². The van der Waals surface area contributed by atoms with Crippen molar-refractivity contribution in [1.29, 1.82) is 0 Å². The van der Waals surface area contributed by atoms with Gasteiger partial charge in [0, 0.05) is 23.0 Å². The second-order valence-electron chi connectivity index (χ2n) is 3.77. The first-order valence-corrected chi connectivity index (χ1v) is 5.88. The molecule has 0 unspecified atom stereocenters. The lowest BCUT2D eigenvalue weighted by Gasteiger charge is -2.04. The molecule has 2 heterocycles. The number of nitrogens with zero attached hydrogens (tertiary/aromatic N) is 5. The summed E-state index contributed by atoms with van der Waals surface area (Å²) in [5, 5.41) is 4.71. The van der Waals surface area contributed by atoms with E-state index in [-0.39, 0.29) is 5.95 Å². The first-order valence-electron chi connectivity index (χ1n) is 5.50. The predicted octanol–water partition coefficient (Wildman–Crippen LogP) is 1.96. The molecule has 6 nitrogen and oxygen atoms in total. The zero-order chi connectivity index (χ0) is 13.2. The zero-order valence-electron chi connectivity index (χ0n) is 9.73. The van der Waals surface area contributed by atoms with Gasteiger partial charge in [-0.15, -0.1) is 0 Å². The molecule has 0 fully saturated rings. The molecule has 3 rings (SSSR count). The maximum Gasteiger partial charge on any atom is 0.255 e. The molecule has 0 saturated carbocycles. The van der Waals surface area contributed by atoms with Crippen LogP contribution in [0.1, 0.15) is 0 Å². The van der Waals surface area contributed by atoms with Crippen LogP contribution < -0.4 is 5.73 Å². The van der Waals surface area contributed by atoms with Crippen molar-refractivity contribution in [2.45, 2.75) is 0 Å². The monoisotopic (exact) mass is 272 g/mol. The van der Waals surface area contributed by atoms with Crippen LogP contribution in [0.2, 0.25) is 5.02 Å². The van der Waals surface area contributed by atoms with Gasteiger partial charge < -0.3 is 5.73 Å². The normalized spacial score (nSPS) is 10.6. The number of halogens is 1. The molecule has 0 amide bonds. The first-order chi connectivity index (χ1) is 9.22. The number of aromatic nitrogens is 5. The highest BCUT2D eigenvalue weighted by atomic mass is 35.5. The Kier molecular flexibility index (Phi) is 2.85. The summed E-state index contributed by atoms with van der Waals surface area (Å²) >= 11 is 5.85. The summed E-state index contributed by atoms with van der Waals surface area (Å²) in [4.78, 5) is 12.5. The van der Waals surface area contributed by atoms with Crippen molar-refractivity contribution in [3.63, 3.8) is 0 Å². The van der Waals surface area contributed by atoms with E-state index in [2.05, 4.69) is 20.1 Å². The van der Waals surface area contributed by atoms with E-state index in [1.165, 1.54) is 4.68 Å². The minimum absolute atomic E-state index is 0.144. The van der Waals surface area contributed by atoms with Gasteiger partial charge in [-0.1, -0.05) is 11.6 Å². The van der Waals surface area contributed by atoms with Gasteiger partial charge in [0.25, 0.3) is 5.95 Å². The van der Waals surface area contributed by atoms with Crippen molar-refractivity contribution in [3.05, 3.63) is 47.7 Å². The standard InChI is InChI=1S/C12H9ClN6/c13-9-4-2-8(3-5-9)10-16-11(14)18-12(17-10)19-7-1-6-15-19/h1-7H,(H2,14,16,17,18). The lowest BCUT2D eigenvalue weighted by Crippen LogP contribution is -2.07. The van der Waals surface area contributed by atoms with Crippen molar-refractivity contribution < 1.29 is 0 Å². The third-order valence-corrected chi connectivity index (χ3v) is 2.70. The lowest BCUT2D eigenvalue weighted by molar-refractivity contribution is 0.801. The SMILES string of the molecule is Nc1nc(-c2ccc(Cl)cc2)nc(-n2cccn2)n1. The highest BCUT2D eigenvalue weighted by Gasteiger charge is 2.08. The van der Waals surface area contributed by atoms with E-state index in [9.17, 15) is 0 Å². The fourth-order valence-electron chi connectivity index (χ4n) is 1.60. The van der Waals surface area contributed by atoms with E-state index in [0.717, 1.165) is 5.56 Å². The van der Waals surface area contributed by atoms with Crippen LogP contribution in [0.15, 0.2) is 42.7 Å². The van der Waals surface area contributed by atoms with Gasteiger partial charge in [0.2, 0.25) is 5.95 Å². The Labute approximate surface area is 113 Å². The van der Waals surface area contributed by atoms with E-state index < -0.39 is 0 Å². The van der Waals surface area contributed by atoms with E-state index in [0.29, 0.717) is 16.8 Å². The summed E-state index contributed by atoms with van der Waals surface area (Å²) in [6.07, 6.45) is 3.38. The summed E-state index contributed by atoms with van der Waals surface area (Å²) in [7, 11) is 0. The maximum atomic E-state index is 5.85. The zero-order valence-corrected chi connectivity index (χ0v) is 10.5. The van der Waals surface area contributed by atoms with Gasteiger partial charge in [0.1, 0.15) is 0 Å². The smallest absolute Gasteiger partial charge is 0.255 e. The summed E-state index contributed by atoms with van der Waals surface area (Å²) in [5.74, 6) is 1.00. The quantitative estimate of drug-likeness (QED) is 0.771. The van der Waals surface area contributed by atoms with Gasteiger partial charge >= 0.3 is 0 Å². The molecule has 19 heavy (non-hydrogen) atoms. The van der Waals surface area contributed by atoms with Crippen molar-refractivity contribution in [2.24, 2.45) is 0 Å². The van der Waals surface area contributed by atoms with Gasteiger partial charge in [-0.05, 0) is 30.3 Å². The summed E-state index contributed by atoms with van der Waals surface area (Å²) in [6, 6.07) is 8.96. The average Bonchev–Trinajstić information content (AvgIpc) is 2.93. The summed E-state index contributed by atoms with van der Waals surface area (Å²) in [5.41, 5.74) is 6.52. The Bertz CT molecular complexity index is 693. The van der Waals surface area contributed by atoms with Crippen LogP contribution >= 0.6 is 11.6 Å². The van der Waals surface area contributed by atoms with E-state index >= 15 is 0 Å². The second-order valence-corrected chi connectivity index (χ2v) is 4.21. The molecule has 3 aromatic rings. The first kappa shape index (κ1) is 11.6. The highest BCUT2D eigenvalue weighted by Crippen LogP contribution is 2.19. The Morgan fingerprint density at radius 3 is 2.53 bits per heavy atom. The van der Waals surface area contributed by atoms with Crippen LogP contribution in [0.5, 0.6) is 0 Å². The minimum Gasteiger partial charge on any atom is -0.368 e. The van der Waals surface area contributed by atoms with Gasteiger partial charge in [0.05, 0.1) is 0 Å². The Morgan fingerprint density at radius 1 is 1.05 bits per heavy atom. The number of benzene rings is 1. The fourth-order valence-corrected chi connectivity index (χ4v) is 1.72. The van der Waals surface area contributed by atoms with E-state index in [1.807, 2.05) is 12.1 Å². The van der Waals surface area contributed by atoms with Crippen LogP contribution in [0.25, 0.3) is 17.3 Å². The predicted molar refractivity (Wildman–Crippen MR) is 71.8 cm³/mol. The molecule has 0 saturated heterocycles. The third-order valence-electron chi connectivity index (χ3n) is 2.45. The molecular formula is C12H9ClN6. The van der Waals surface area contributed by atoms with Gasteiger partial charge in [-0.25, -0.2) is 4.68 Å². The Morgan fingerprint density at radius 2 is 1.84 bits per heavy atom. The highest BCUT2D eigenvalue weighted by molar-refractivity contribution is 6.30. The number of rotatable bonds is 2. The van der Waals surface area contributed by atoms with Crippen molar-refractivity contribution in [2.75, 3.05) is 5.73 Å². The topological polar surface area (TPSA) is 82.5 Å². The van der Waals surface area contributed by atoms with Gasteiger partial charge in [0.15, 0.2) is 5.82 Å². The van der Waals surface area contributed by atoms with Crippen LogP contribution in [0.3, 0.4) is 0 Å². The molecule has 0 atom stereocenters. The van der Waals surface area contributed by atoms with Gasteiger partial charge in [-0.2, -0.15) is 20.1 Å². The van der Waals surface area contributed by atoms with Crippen LogP contribution in [0.4, 0.5) is 5.95 Å². The Balaban J connectivity index is 2.10. The van der Waals surface area contributed by atoms with E-state index in [4.69, 9.17) is 17.3 Å². The van der Waals surface area contributed by atoms with E-state index in [1.54, 1.807) is 30.6 Å². The van der Waals surface area contributed by atoms with Crippen molar-refractivity contribution in [1.82, 2.24) is 24.7 Å². The molecule has 0 aliphatic rings. The molecule has 2 aromatic heterocycles. The summed E-state index contributed by atoms with van der Waals surface area (Å²) in [6.45, 7) is 0. The molecule has 0 radical (unpaired) electrons. The molecule has 94 valence electrons. The Hall–Kier alpha value is -2.47. The maximum absolute atomic E-state index is 5.85. The average molecular weight is 273 g/mol. The number of nitrogens with two attached hydrogens (primary N) is 1. The van der Waals surface area contributed by atoms with Crippen molar-refractivity contribution >= 4 is 17.5 Å². The molecular weight excluding hydrogens is 264 g/mol. The van der Waals surface area contributed by atoms with Crippen molar-refractivity contribution in [3.8, 4) is 17.3 Å². The fraction of sp³-hybridized carbons (Fsp3) is 0. The molecule has 0 aliphatic heterocycles. The summed E-state index contributed by atoms with van der Waals surface area (Å²) < 4.78 is 1.53.